The molecule has 2 aliphatic heterocycles. The van der Waals surface area contributed by atoms with Crippen molar-refractivity contribution < 1.29 is 0 Å². The van der Waals surface area contributed by atoms with Crippen LogP contribution in [-0.4, -0.2) is 36.8 Å². The van der Waals surface area contributed by atoms with Gasteiger partial charge >= 0.3 is 0 Å². The third-order valence-electron chi connectivity index (χ3n) is 2.63. The average molecular weight is 138 g/mol. The molecule has 2 heterocycles. The van der Waals surface area contributed by atoms with Gasteiger partial charge in [-0.05, 0) is 32.5 Å². The Morgan fingerprint density at radius 3 is 2.90 bits per heavy atom. The Morgan fingerprint density at radius 2 is 2.40 bits per heavy atom. The van der Waals surface area contributed by atoms with E-state index in [1.807, 2.05) is 0 Å². The second-order valence-corrected chi connectivity index (χ2v) is 3.56. The molecular formula is C8H14N2. The maximum absolute atomic E-state index is 4.55. The van der Waals surface area contributed by atoms with Crippen molar-refractivity contribution in [1.82, 2.24) is 4.90 Å². The number of hydrogen-bond donors (Lipinski definition) is 0. The first-order valence-corrected chi connectivity index (χ1v) is 4.03. The summed E-state index contributed by atoms with van der Waals surface area (Å²) in [5, 5.41) is 0. The van der Waals surface area contributed by atoms with E-state index >= 15 is 0 Å². The molecule has 1 unspecified atom stereocenters. The zero-order chi connectivity index (χ0) is 7.03. The van der Waals surface area contributed by atoms with Gasteiger partial charge in [0, 0.05) is 13.1 Å². The highest BCUT2D eigenvalue weighted by molar-refractivity contribution is 5.61. The van der Waals surface area contributed by atoms with Crippen molar-refractivity contribution in [3.8, 4) is 0 Å². The van der Waals surface area contributed by atoms with Crippen LogP contribution in [0.5, 0.6) is 0 Å². The van der Waals surface area contributed by atoms with Gasteiger partial charge in [-0.15, -0.1) is 0 Å². The standard InChI is InChI=1S/C8H14N2/c1-10-6-4-8(7-10)3-2-5-9-8/h5H,2-4,6-7H2,1H3. The molecule has 56 valence electrons. The Hall–Kier alpha value is -0.370. The monoisotopic (exact) mass is 138 g/mol. The van der Waals surface area contributed by atoms with Crippen molar-refractivity contribution in [2.75, 3.05) is 20.1 Å². The fraction of sp³-hybridized carbons (Fsp3) is 0.875. The summed E-state index contributed by atoms with van der Waals surface area (Å²) in [7, 11) is 2.18. The van der Waals surface area contributed by atoms with E-state index in [1.54, 1.807) is 0 Å². The van der Waals surface area contributed by atoms with Crippen LogP contribution in [0.15, 0.2) is 4.99 Å². The highest BCUT2D eigenvalue weighted by Gasteiger charge is 2.37. The molecule has 0 aromatic carbocycles. The second kappa shape index (κ2) is 2.06. The first-order chi connectivity index (χ1) is 4.81. The second-order valence-electron chi connectivity index (χ2n) is 3.56. The van der Waals surface area contributed by atoms with E-state index in [4.69, 9.17) is 0 Å². The molecule has 1 spiro atoms. The summed E-state index contributed by atoms with van der Waals surface area (Å²) in [4.78, 5) is 6.93. The summed E-state index contributed by atoms with van der Waals surface area (Å²) in [5.41, 5.74) is 0.356. The van der Waals surface area contributed by atoms with Crippen LogP contribution >= 0.6 is 0 Å². The van der Waals surface area contributed by atoms with E-state index in [0.717, 1.165) is 0 Å². The molecule has 2 rings (SSSR count). The van der Waals surface area contributed by atoms with Gasteiger partial charge in [0.15, 0.2) is 0 Å². The molecule has 0 amide bonds. The van der Waals surface area contributed by atoms with Crippen LogP contribution in [0, 0.1) is 0 Å². The maximum atomic E-state index is 4.55. The van der Waals surface area contributed by atoms with Gasteiger partial charge in [-0.25, -0.2) is 0 Å². The van der Waals surface area contributed by atoms with Crippen molar-refractivity contribution in [2.24, 2.45) is 4.99 Å². The van der Waals surface area contributed by atoms with Gasteiger partial charge in [-0.3, -0.25) is 4.99 Å². The Balaban J connectivity index is 2.10. The largest absolute Gasteiger partial charge is 0.304 e. The third-order valence-corrected chi connectivity index (χ3v) is 2.63. The number of hydrogen-bond acceptors (Lipinski definition) is 2. The molecule has 0 radical (unpaired) electrons. The molecule has 10 heavy (non-hydrogen) atoms. The first-order valence-electron chi connectivity index (χ1n) is 4.03. The lowest BCUT2D eigenvalue weighted by Gasteiger charge is -2.18. The predicted molar refractivity (Wildman–Crippen MR) is 42.6 cm³/mol. The van der Waals surface area contributed by atoms with Crippen LogP contribution in [0.25, 0.3) is 0 Å². The van der Waals surface area contributed by atoms with Gasteiger partial charge in [0.05, 0.1) is 5.54 Å². The normalized spacial score (nSPS) is 40.1. The molecule has 0 saturated carbocycles. The van der Waals surface area contributed by atoms with Crippen LogP contribution in [0.3, 0.4) is 0 Å². The lowest BCUT2D eigenvalue weighted by molar-refractivity contribution is 0.369. The number of likely N-dealkylation sites (tertiary alicyclic amines) is 1. The SMILES string of the molecule is CN1CCC2(CCC=N2)C1. The van der Waals surface area contributed by atoms with Crippen molar-refractivity contribution in [3.63, 3.8) is 0 Å². The summed E-state index contributed by atoms with van der Waals surface area (Å²) in [6.45, 7) is 2.42. The molecule has 1 atom stereocenters. The molecule has 0 bridgehead atoms. The minimum atomic E-state index is 0.356. The Labute approximate surface area is 61.9 Å². The minimum Gasteiger partial charge on any atom is -0.304 e. The van der Waals surface area contributed by atoms with Crippen LogP contribution in [-0.2, 0) is 0 Å². The first kappa shape index (κ1) is 6.35. The minimum absolute atomic E-state index is 0.356. The molecule has 2 heteroatoms. The van der Waals surface area contributed by atoms with Crippen molar-refractivity contribution in [3.05, 3.63) is 0 Å². The van der Waals surface area contributed by atoms with Crippen LogP contribution in [0.2, 0.25) is 0 Å². The van der Waals surface area contributed by atoms with E-state index in [9.17, 15) is 0 Å². The Kier molecular flexibility index (Phi) is 1.31. The Morgan fingerprint density at radius 1 is 1.50 bits per heavy atom. The van der Waals surface area contributed by atoms with Crippen LogP contribution < -0.4 is 0 Å². The maximum Gasteiger partial charge on any atom is 0.0746 e. The molecule has 1 fully saturated rings. The number of rotatable bonds is 0. The molecule has 1 saturated heterocycles. The molecule has 2 nitrogen and oxygen atoms in total. The lowest BCUT2D eigenvalue weighted by atomic mass is 9.97. The van der Waals surface area contributed by atoms with Crippen molar-refractivity contribution >= 4 is 6.21 Å². The fourth-order valence-electron chi connectivity index (χ4n) is 2.02. The molecule has 0 aliphatic carbocycles. The third kappa shape index (κ3) is 0.870. The molecular weight excluding hydrogens is 124 g/mol. The van der Waals surface area contributed by atoms with Gasteiger partial charge in [0.25, 0.3) is 0 Å². The molecule has 2 aliphatic rings. The number of nitrogens with zero attached hydrogens (tertiary/aromatic N) is 2. The molecule has 0 N–H and O–H groups in total. The van der Waals surface area contributed by atoms with Gasteiger partial charge in [0.2, 0.25) is 0 Å². The predicted octanol–water partition coefficient (Wildman–Crippen LogP) is 0.925. The zero-order valence-electron chi connectivity index (χ0n) is 6.51. The smallest absolute Gasteiger partial charge is 0.0746 e. The molecule has 0 aromatic heterocycles. The quantitative estimate of drug-likeness (QED) is 0.486. The summed E-state index contributed by atoms with van der Waals surface area (Å²) < 4.78 is 0. The summed E-state index contributed by atoms with van der Waals surface area (Å²) >= 11 is 0. The Bertz CT molecular complexity index is 165. The van der Waals surface area contributed by atoms with E-state index in [1.165, 1.54) is 32.4 Å². The van der Waals surface area contributed by atoms with Gasteiger partial charge in [-0.2, -0.15) is 0 Å². The van der Waals surface area contributed by atoms with Gasteiger partial charge < -0.3 is 4.90 Å². The zero-order valence-corrected chi connectivity index (χ0v) is 6.51. The summed E-state index contributed by atoms with van der Waals surface area (Å²) in [5.74, 6) is 0. The number of likely N-dealkylation sites (N-methyl/N-ethyl adjacent to an activating group) is 1. The summed E-state index contributed by atoms with van der Waals surface area (Å²) in [6, 6.07) is 0. The fourth-order valence-corrected chi connectivity index (χ4v) is 2.02. The van der Waals surface area contributed by atoms with Crippen molar-refractivity contribution in [2.45, 2.75) is 24.8 Å². The van der Waals surface area contributed by atoms with E-state index < -0.39 is 0 Å². The van der Waals surface area contributed by atoms with E-state index in [2.05, 4.69) is 23.2 Å². The number of aliphatic imine (C=N–C) groups is 1. The van der Waals surface area contributed by atoms with Crippen molar-refractivity contribution in [1.29, 1.82) is 0 Å². The van der Waals surface area contributed by atoms with E-state index in [-0.39, 0.29) is 0 Å². The lowest BCUT2D eigenvalue weighted by Crippen LogP contribution is -2.27. The molecule has 0 aromatic rings. The highest BCUT2D eigenvalue weighted by atomic mass is 15.2. The summed E-state index contributed by atoms with van der Waals surface area (Å²) in [6.07, 6.45) is 5.87. The average Bonchev–Trinajstić information content (AvgIpc) is 2.46. The van der Waals surface area contributed by atoms with E-state index in [0.29, 0.717) is 5.54 Å². The topological polar surface area (TPSA) is 15.6 Å². The highest BCUT2D eigenvalue weighted by Crippen LogP contribution is 2.32. The van der Waals surface area contributed by atoms with Gasteiger partial charge in [-0.1, -0.05) is 0 Å². The van der Waals surface area contributed by atoms with Gasteiger partial charge in [0.1, 0.15) is 0 Å². The van der Waals surface area contributed by atoms with Crippen LogP contribution in [0.4, 0.5) is 0 Å². The van der Waals surface area contributed by atoms with Crippen LogP contribution in [0.1, 0.15) is 19.3 Å².